The summed E-state index contributed by atoms with van der Waals surface area (Å²) >= 11 is 0. The van der Waals surface area contributed by atoms with Crippen LogP contribution in [-0.2, 0) is 27.1 Å². The molecule has 5 aromatic carbocycles. The smallest absolute Gasteiger partial charge is 0.149 e. The second-order valence-corrected chi connectivity index (χ2v) is 23.4. The van der Waals surface area contributed by atoms with Crippen LogP contribution in [0.5, 0.6) is 5.75 Å². The van der Waals surface area contributed by atoms with E-state index >= 15 is 0 Å². The minimum atomic E-state index is -0.222. The van der Waals surface area contributed by atoms with Gasteiger partial charge in [0.25, 0.3) is 0 Å². The van der Waals surface area contributed by atoms with Gasteiger partial charge in [-0.1, -0.05) is 152 Å². The zero-order chi connectivity index (χ0) is 46.4. The Balaban J connectivity index is 1.62. The van der Waals surface area contributed by atoms with Crippen molar-refractivity contribution in [1.29, 1.82) is 0 Å². The Bertz CT molecular complexity index is 2830. The molecule has 0 fully saturated rings. The van der Waals surface area contributed by atoms with E-state index in [1.165, 1.54) is 38.9 Å². The Morgan fingerprint density at radius 3 is 1.60 bits per heavy atom. The number of benzene rings is 5. The van der Waals surface area contributed by atoms with Crippen molar-refractivity contribution >= 4 is 11.0 Å². The van der Waals surface area contributed by atoms with Gasteiger partial charge in [-0.15, -0.1) is 0 Å². The van der Waals surface area contributed by atoms with Crippen LogP contribution >= 0.6 is 0 Å². The van der Waals surface area contributed by atoms with Gasteiger partial charge in [-0.05, 0) is 152 Å². The summed E-state index contributed by atoms with van der Waals surface area (Å²) in [6.45, 7) is 41.2. The number of phenols is 1. The monoisotopic (exact) mass is 838 g/mol. The molecule has 1 N–H and O–H groups in total. The van der Waals surface area contributed by atoms with Gasteiger partial charge in [0, 0.05) is 17.3 Å². The molecule has 4 heteroatoms. The first-order valence-corrected chi connectivity index (χ1v) is 22.8. The molecule has 7 aromatic rings. The quantitative estimate of drug-likeness (QED) is 0.188. The van der Waals surface area contributed by atoms with Gasteiger partial charge in [0.15, 0.2) is 0 Å². The van der Waals surface area contributed by atoms with Gasteiger partial charge >= 0.3 is 0 Å². The van der Waals surface area contributed by atoms with E-state index in [9.17, 15) is 5.11 Å². The van der Waals surface area contributed by atoms with Crippen molar-refractivity contribution in [3.63, 3.8) is 0 Å². The molecule has 4 nitrogen and oxygen atoms in total. The summed E-state index contributed by atoms with van der Waals surface area (Å²) in [6, 6.07) is 33.2. The maximum Gasteiger partial charge on any atom is 0.149 e. The van der Waals surface area contributed by atoms with Crippen LogP contribution in [0.3, 0.4) is 0 Å². The number of rotatable bonds is 5. The van der Waals surface area contributed by atoms with Crippen molar-refractivity contribution in [1.82, 2.24) is 14.5 Å². The van der Waals surface area contributed by atoms with Crippen LogP contribution in [-0.4, -0.2) is 19.6 Å². The van der Waals surface area contributed by atoms with Gasteiger partial charge in [0.2, 0.25) is 0 Å². The van der Waals surface area contributed by atoms with E-state index in [0.717, 1.165) is 61.6 Å². The van der Waals surface area contributed by atoms with E-state index in [4.69, 9.17) is 9.97 Å². The topological polar surface area (TPSA) is 50.9 Å². The second-order valence-electron chi connectivity index (χ2n) is 23.4. The van der Waals surface area contributed by atoms with Crippen molar-refractivity contribution in [3.05, 3.63) is 142 Å². The van der Waals surface area contributed by atoms with E-state index < -0.39 is 0 Å². The molecule has 0 spiro atoms. The van der Waals surface area contributed by atoms with Crippen molar-refractivity contribution < 1.29 is 5.11 Å². The highest BCUT2D eigenvalue weighted by atomic mass is 16.3. The Morgan fingerprint density at radius 1 is 0.492 bits per heavy atom. The lowest BCUT2D eigenvalue weighted by Crippen LogP contribution is -2.23. The first-order chi connectivity index (χ1) is 29.0. The molecule has 2 aromatic heterocycles. The summed E-state index contributed by atoms with van der Waals surface area (Å²) < 4.78 is 2.31. The molecule has 0 saturated heterocycles. The van der Waals surface area contributed by atoms with Gasteiger partial charge in [-0.25, -0.2) is 4.98 Å². The second kappa shape index (κ2) is 15.6. The zero-order valence-corrected chi connectivity index (χ0v) is 41.5. The normalized spacial score (nSPS) is 13.0. The molecule has 0 aliphatic rings. The van der Waals surface area contributed by atoms with Gasteiger partial charge in [-0.2, -0.15) is 0 Å². The Labute approximate surface area is 378 Å². The van der Waals surface area contributed by atoms with Crippen molar-refractivity contribution in [2.24, 2.45) is 0 Å². The molecule has 0 aliphatic heterocycles. The number of imidazole rings is 1. The number of hydrogen-bond acceptors (Lipinski definition) is 3. The first kappa shape index (κ1) is 45.5. The molecule has 328 valence electrons. The van der Waals surface area contributed by atoms with E-state index in [-0.39, 0.29) is 32.8 Å². The number of aromatic nitrogens is 3. The lowest BCUT2D eigenvalue weighted by molar-refractivity contribution is 0.477. The average Bonchev–Trinajstić information content (AvgIpc) is 3.53. The predicted octanol–water partition coefficient (Wildman–Crippen LogP) is 16.2. The highest BCUT2D eigenvalue weighted by molar-refractivity contribution is 5.99. The van der Waals surface area contributed by atoms with Crippen LogP contribution in [0.25, 0.3) is 61.6 Å². The van der Waals surface area contributed by atoms with Crippen molar-refractivity contribution in [2.45, 2.75) is 152 Å². The summed E-state index contributed by atoms with van der Waals surface area (Å²) in [5.74, 6) is 0.923. The van der Waals surface area contributed by atoms with Crippen LogP contribution in [0.4, 0.5) is 0 Å². The van der Waals surface area contributed by atoms with Crippen molar-refractivity contribution in [2.75, 3.05) is 0 Å². The third-order valence-electron chi connectivity index (χ3n) is 12.7. The standard InChI is InChI=1S/C59H71N3O/c1-35-25-36(2)53(37(3)26-35)62-49-34-43(57(10,11)12)33-46(52(49)61-54(62)44-21-19-20-22-50(44)63)45-29-40(30-47(58(13,14)15)51(45)59(16,17)18)48-31-38(23-24-60-48)39-27-41(55(4,5)6)32-42(28-39)56(7,8)9/h19-34,63H,1-18H3. The number of aromatic hydroxyl groups is 1. The number of aryl methyl sites for hydroxylation is 3. The fraction of sp³-hybridized carbons (Fsp3) is 0.390. The summed E-state index contributed by atoms with van der Waals surface area (Å²) in [5, 5.41) is 11.5. The number of nitrogens with zero attached hydrogens (tertiary/aromatic N) is 3. The summed E-state index contributed by atoms with van der Waals surface area (Å²) in [6.07, 6.45) is 1.98. The Hall–Kier alpha value is -5.48. The van der Waals surface area contributed by atoms with Gasteiger partial charge in [0.1, 0.15) is 11.6 Å². The summed E-state index contributed by atoms with van der Waals surface area (Å²) in [5.41, 5.74) is 19.7. The molecular formula is C59H71N3O. The molecule has 0 saturated carbocycles. The summed E-state index contributed by atoms with van der Waals surface area (Å²) in [7, 11) is 0. The number of phenolic OH excluding ortho intramolecular Hbond substituents is 1. The van der Waals surface area contributed by atoms with E-state index in [0.29, 0.717) is 5.56 Å². The fourth-order valence-electron chi connectivity index (χ4n) is 9.24. The van der Waals surface area contributed by atoms with E-state index in [1.54, 1.807) is 6.07 Å². The van der Waals surface area contributed by atoms with Crippen molar-refractivity contribution in [3.8, 4) is 56.3 Å². The predicted molar refractivity (Wildman–Crippen MR) is 270 cm³/mol. The number of fused-ring (bicyclic) bond motifs is 1. The molecule has 0 bridgehead atoms. The lowest BCUT2D eigenvalue weighted by atomic mass is 9.71. The van der Waals surface area contributed by atoms with E-state index in [1.807, 2.05) is 24.4 Å². The first-order valence-electron chi connectivity index (χ1n) is 22.8. The van der Waals surface area contributed by atoms with E-state index in [2.05, 4.69) is 196 Å². The molecule has 0 radical (unpaired) electrons. The molecule has 0 amide bonds. The van der Waals surface area contributed by atoms with Crippen LogP contribution in [0.2, 0.25) is 0 Å². The molecule has 63 heavy (non-hydrogen) atoms. The Morgan fingerprint density at radius 2 is 1.06 bits per heavy atom. The van der Waals surface area contributed by atoms with Gasteiger partial charge in [-0.3, -0.25) is 9.55 Å². The van der Waals surface area contributed by atoms with Gasteiger partial charge < -0.3 is 5.11 Å². The number of pyridine rings is 1. The minimum Gasteiger partial charge on any atom is -0.507 e. The molecule has 2 heterocycles. The highest BCUT2D eigenvalue weighted by Crippen LogP contribution is 2.48. The number of para-hydroxylation sites is 1. The molecule has 7 rings (SSSR count). The maximum atomic E-state index is 11.5. The lowest BCUT2D eigenvalue weighted by Gasteiger charge is -2.34. The number of hydrogen-bond donors (Lipinski definition) is 1. The highest BCUT2D eigenvalue weighted by Gasteiger charge is 2.33. The molecule has 0 atom stereocenters. The molecule has 0 unspecified atom stereocenters. The van der Waals surface area contributed by atoms with Crippen LogP contribution in [0, 0.1) is 20.8 Å². The maximum absolute atomic E-state index is 11.5. The fourth-order valence-corrected chi connectivity index (χ4v) is 9.24. The molecular weight excluding hydrogens is 767 g/mol. The zero-order valence-electron chi connectivity index (χ0n) is 41.5. The van der Waals surface area contributed by atoms with Crippen LogP contribution < -0.4 is 0 Å². The SMILES string of the molecule is Cc1cc(C)c(-n2c(-c3ccccc3O)nc3c(-c4cc(-c5cc(-c6cc(C(C)(C)C)cc(C(C)(C)C)c6)ccn5)cc(C(C)(C)C)c4C(C)(C)C)cc(C(C)(C)C)cc32)c(C)c1. The van der Waals surface area contributed by atoms with Crippen LogP contribution in [0.15, 0.2) is 97.2 Å². The molecule has 0 aliphatic carbocycles. The average molecular weight is 838 g/mol. The largest absolute Gasteiger partial charge is 0.507 e. The van der Waals surface area contributed by atoms with Gasteiger partial charge in [0.05, 0.1) is 28.0 Å². The van der Waals surface area contributed by atoms with Crippen LogP contribution in [0.1, 0.15) is 148 Å². The summed E-state index contributed by atoms with van der Waals surface area (Å²) in [4.78, 5) is 10.8. The minimum absolute atomic E-state index is 0.00104. The third-order valence-corrected chi connectivity index (χ3v) is 12.7. The third kappa shape index (κ3) is 8.88. The Kier molecular flexibility index (Phi) is 11.3.